The zero-order chi connectivity index (χ0) is 20.6. The molecule has 2 amide bonds. The summed E-state index contributed by atoms with van der Waals surface area (Å²) in [4.78, 5) is 27.0. The Hall–Kier alpha value is -2.70. The number of allylic oxidation sites excluding steroid dienone is 2. The van der Waals surface area contributed by atoms with Crippen LogP contribution in [0.3, 0.4) is 0 Å². The first-order valence-corrected chi connectivity index (χ1v) is 10.7. The molecule has 1 heterocycles. The number of rotatable bonds is 7. The maximum Gasteiger partial charge on any atom is 0.266 e. The highest BCUT2D eigenvalue weighted by atomic mass is 32.2. The Kier molecular flexibility index (Phi) is 7.38. The van der Waals surface area contributed by atoms with Gasteiger partial charge in [0.15, 0.2) is 0 Å². The average Bonchev–Trinajstić information content (AvgIpc) is 3.00. The first-order chi connectivity index (χ1) is 14.1. The highest BCUT2D eigenvalue weighted by Gasteiger charge is 2.31. The molecule has 0 radical (unpaired) electrons. The fraction of sp³-hybridized carbons (Fsp3) is 0.174. The minimum absolute atomic E-state index is 0.132. The summed E-state index contributed by atoms with van der Waals surface area (Å²) in [6.07, 6.45) is 6.58. The topological polar surface area (TPSA) is 49.4 Å². The number of aryl methyl sites for hydroxylation is 1. The molecule has 0 bridgehead atoms. The molecule has 2 aromatic rings. The van der Waals surface area contributed by atoms with Crippen molar-refractivity contribution in [3.05, 3.63) is 82.8 Å². The molecule has 1 fully saturated rings. The van der Waals surface area contributed by atoms with Crippen LogP contribution in [0.1, 0.15) is 24.5 Å². The number of nitrogens with one attached hydrogen (secondary N) is 1. The molecule has 6 heteroatoms. The number of thioether (sulfide) groups is 1. The molecule has 1 saturated heterocycles. The van der Waals surface area contributed by atoms with Crippen LogP contribution in [0.5, 0.6) is 0 Å². The summed E-state index contributed by atoms with van der Waals surface area (Å²) in [5.41, 5.74) is 2.96. The molecule has 2 aromatic carbocycles. The Labute approximate surface area is 180 Å². The predicted octanol–water partition coefficient (Wildman–Crippen LogP) is 5.04. The summed E-state index contributed by atoms with van der Waals surface area (Å²) >= 11 is 6.60. The van der Waals surface area contributed by atoms with E-state index in [-0.39, 0.29) is 24.8 Å². The number of hydrogen-bond acceptors (Lipinski definition) is 4. The summed E-state index contributed by atoms with van der Waals surface area (Å²) in [5, 5.41) is 2.93. The Bertz CT molecular complexity index is 968. The van der Waals surface area contributed by atoms with Crippen LogP contribution in [0.2, 0.25) is 0 Å². The van der Waals surface area contributed by atoms with Crippen LogP contribution in [0.4, 0.5) is 5.69 Å². The normalized spacial score (nSPS) is 15.5. The van der Waals surface area contributed by atoms with Gasteiger partial charge in [-0.15, -0.1) is 0 Å². The standard InChI is InChI=1S/C23H22N2O2S2/c1-2-18-12-6-7-13-19(18)24-21(26)15-16-25-22(27)20(29-23(25)28)14-8-11-17-9-4-3-5-10-17/h3-14H,2,15-16H2,1H3,(H,24,26). The highest BCUT2D eigenvalue weighted by molar-refractivity contribution is 8.26. The van der Waals surface area contributed by atoms with Crippen molar-refractivity contribution in [2.24, 2.45) is 0 Å². The molecule has 1 aliphatic heterocycles. The van der Waals surface area contributed by atoms with Crippen LogP contribution in [0.25, 0.3) is 6.08 Å². The Balaban J connectivity index is 1.56. The lowest BCUT2D eigenvalue weighted by Gasteiger charge is -2.15. The van der Waals surface area contributed by atoms with Crippen LogP contribution in [0, 0.1) is 0 Å². The summed E-state index contributed by atoms with van der Waals surface area (Å²) < 4.78 is 0.483. The van der Waals surface area contributed by atoms with Gasteiger partial charge in [0.05, 0.1) is 4.91 Å². The highest BCUT2D eigenvalue weighted by Crippen LogP contribution is 2.31. The van der Waals surface area contributed by atoms with Gasteiger partial charge in [-0.1, -0.05) is 91.6 Å². The van der Waals surface area contributed by atoms with Crippen molar-refractivity contribution in [2.45, 2.75) is 19.8 Å². The van der Waals surface area contributed by atoms with Gasteiger partial charge in [0.25, 0.3) is 5.91 Å². The number of carbonyl (C=O) groups excluding carboxylic acids is 2. The molecule has 3 rings (SSSR count). The SMILES string of the molecule is CCc1ccccc1NC(=O)CCN1C(=O)C(=CC=Cc2ccccc2)SC1=S. The number of carbonyl (C=O) groups is 2. The van der Waals surface area contributed by atoms with Crippen LogP contribution >= 0.6 is 24.0 Å². The van der Waals surface area contributed by atoms with Crippen LogP contribution in [-0.4, -0.2) is 27.6 Å². The lowest BCUT2D eigenvalue weighted by atomic mass is 10.1. The van der Waals surface area contributed by atoms with Gasteiger partial charge in [0.2, 0.25) is 5.91 Å². The minimum atomic E-state index is -0.153. The number of amides is 2. The maximum absolute atomic E-state index is 12.6. The van der Waals surface area contributed by atoms with E-state index in [2.05, 4.69) is 5.32 Å². The van der Waals surface area contributed by atoms with Crippen molar-refractivity contribution in [3.8, 4) is 0 Å². The van der Waals surface area contributed by atoms with Gasteiger partial charge in [-0.05, 0) is 29.7 Å². The number of anilines is 1. The Morgan fingerprint density at radius 2 is 1.86 bits per heavy atom. The minimum Gasteiger partial charge on any atom is -0.326 e. The molecule has 1 N–H and O–H groups in total. The van der Waals surface area contributed by atoms with Crippen molar-refractivity contribution in [2.75, 3.05) is 11.9 Å². The van der Waals surface area contributed by atoms with E-state index >= 15 is 0 Å². The average molecular weight is 423 g/mol. The largest absolute Gasteiger partial charge is 0.326 e. The number of para-hydroxylation sites is 1. The first kappa shape index (κ1) is 21.0. The third-order valence-electron chi connectivity index (χ3n) is 4.44. The lowest BCUT2D eigenvalue weighted by Crippen LogP contribution is -2.31. The fourth-order valence-corrected chi connectivity index (χ4v) is 4.15. The lowest BCUT2D eigenvalue weighted by molar-refractivity contribution is -0.122. The molecule has 0 aliphatic carbocycles. The summed E-state index contributed by atoms with van der Waals surface area (Å²) in [7, 11) is 0. The van der Waals surface area contributed by atoms with Crippen molar-refractivity contribution in [3.63, 3.8) is 0 Å². The predicted molar refractivity (Wildman–Crippen MR) is 125 cm³/mol. The van der Waals surface area contributed by atoms with Crippen LogP contribution < -0.4 is 5.32 Å². The monoisotopic (exact) mass is 422 g/mol. The molecule has 0 unspecified atom stereocenters. The zero-order valence-corrected chi connectivity index (χ0v) is 17.8. The van der Waals surface area contributed by atoms with E-state index in [9.17, 15) is 9.59 Å². The molecule has 0 atom stereocenters. The van der Waals surface area contributed by atoms with E-state index in [0.29, 0.717) is 9.23 Å². The third kappa shape index (κ3) is 5.65. The maximum atomic E-state index is 12.6. The van der Waals surface area contributed by atoms with E-state index in [0.717, 1.165) is 23.2 Å². The second kappa shape index (κ2) is 10.2. The molecular formula is C23H22N2O2S2. The summed E-state index contributed by atoms with van der Waals surface area (Å²) in [6.45, 7) is 2.31. The van der Waals surface area contributed by atoms with Gasteiger partial charge in [0.1, 0.15) is 4.32 Å². The second-order valence-corrected chi connectivity index (χ2v) is 8.11. The van der Waals surface area contributed by atoms with Crippen LogP contribution in [-0.2, 0) is 16.0 Å². The number of hydrogen-bond donors (Lipinski definition) is 1. The molecule has 0 aromatic heterocycles. The Morgan fingerprint density at radius 3 is 2.62 bits per heavy atom. The number of nitrogens with zero attached hydrogens (tertiary/aromatic N) is 1. The molecule has 0 saturated carbocycles. The molecule has 4 nitrogen and oxygen atoms in total. The quantitative estimate of drug-likeness (QED) is 0.502. The fourth-order valence-electron chi connectivity index (χ4n) is 2.89. The molecular weight excluding hydrogens is 400 g/mol. The van der Waals surface area contributed by atoms with Crippen LogP contribution in [0.15, 0.2) is 71.7 Å². The van der Waals surface area contributed by atoms with Crippen molar-refractivity contribution >= 4 is 51.9 Å². The van der Waals surface area contributed by atoms with Gasteiger partial charge >= 0.3 is 0 Å². The van der Waals surface area contributed by atoms with E-state index in [1.165, 1.54) is 16.7 Å². The first-order valence-electron chi connectivity index (χ1n) is 9.43. The van der Waals surface area contributed by atoms with Crippen molar-refractivity contribution in [1.29, 1.82) is 0 Å². The van der Waals surface area contributed by atoms with E-state index in [1.807, 2.05) is 73.7 Å². The molecule has 1 aliphatic rings. The smallest absolute Gasteiger partial charge is 0.266 e. The van der Waals surface area contributed by atoms with Gasteiger partial charge in [-0.25, -0.2) is 0 Å². The summed E-state index contributed by atoms with van der Waals surface area (Å²) in [5.74, 6) is -0.285. The number of thiocarbonyl (C=S) groups is 1. The van der Waals surface area contributed by atoms with Crippen molar-refractivity contribution in [1.82, 2.24) is 4.90 Å². The van der Waals surface area contributed by atoms with E-state index < -0.39 is 0 Å². The van der Waals surface area contributed by atoms with Crippen molar-refractivity contribution < 1.29 is 9.59 Å². The second-order valence-electron chi connectivity index (χ2n) is 6.43. The third-order valence-corrected chi connectivity index (χ3v) is 5.84. The molecule has 148 valence electrons. The van der Waals surface area contributed by atoms with E-state index in [1.54, 1.807) is 6.08 Å². The van der Waals surface area contributed by atoms with Gasteiger partial charge in [-0.3, -0.25) is 14.5 Å². The van der Waals surface area contributed by atoms with Gasteiger partial charge in [-0.2, -0.15) is 0 Å². The molecule has 0 spiro atoms. The Morgan fingerprint density at radius 1 is 1.14 bits per heavy atom. The van der Waals surface area contributed by atoms with E-state index in [4.69, 9.17) is 12.2 Å². The molecule has 29 heavy (non-hydrogen) atoms. The zero-order valence-electron chi connectivity index (χ0n) is 16.1. The van der Waals surface area contributed by atoms with Gasteiger partial charge in [0, 0.05) is 18.7 Å². The number of benzene rings is 2. The van der Waals surface area contributed by atoms with Gasteiger partial charge < -0.3 is 5.32 Å². The summed E-state index contributed by atoms with van der Waals surface area (Å²) in [6, 6.07) is 17.6.